The number of ether oxygens (including phenoxy) is 2. The molecule has 1 saturated heterocycles. The second-order valence-electron chi connectivity index (χ2n) is 9.49. The quantitative estimate of drug-likeness (QED) is 0.575. The lowest BCUT2D eigenvalue weighted by molar-refractivity contribution is -0.148. The summed E-state index contributed by atoms with van der Waals surface area (Å²) in [6.45, 7) is 2.55. The third-order valence-corrected chi connectivity index (χ3v) is 7.39. The molecule has 1 aliphatic heterocycles. The number of hydrogen-bond donors (Lipinski definition) is 0. The lowest BCUT2D eigenvalue weighted by Gasteiger charge is -2.37. The molecule has 4 rings (SSSR count). The molecule has 2 aromatic rings. The predicted molar refractivity (Wildman–Crippen MR) is 130 cm³/mol. The smallest absolute Gasteiger partial charge is 0.331 e. The van der Waals surface area contributed by atoms with Gasteiger partial charge in [0.1, 0.15) is 5.75 Å². The molecule has 0 bridgehead atoms. The number of carbonyl (C=O) groups is 2. The Morgan fingerprint density at radius 1 is 1.06 bits per heavy atom. The van der Waals surface area contributed by atoms with Crippen LogP contribution >= 0.6 is 0 Å². The van der Waals surface area contributed by atoms with Crippen LogP contribution in [0.3, 0.4) is 0 Å². The van der Waals surface area contributed by atoms with Gasteiger partial charge >= 0.3 is 5.69 Å². The molecular weight excluding hydrogens is 452 g/mol. The first-order valence-corrected chi connectivity index (χ1v) is 12.2. The lowest BCUT2D eigenvalue weighted by atomic mass is 9.81. The Hall–Kier alpha value is -3.14. The lowest BCUT2D eigenvalue weighted by Crippen LogP contribution is -2.54. The highest BCUT2D eigenvalue weighted by atomic mass is 16.5. The van der Waals surface area contributed by atoms with Gasteiger partial charge < -0.3 is 19.3 Å². The Bertz CT molecular complexity index is 1210. The summed E-state index contributed by atoms with van der Waals surface area (Å²) >= 11 is 0. The van der Waals surface area contributed by atoms with E-state index < -0.39 is 0 Å². The molecule has 1 aromatic carbocycles. The van der Waals surface area contributed by atoms with E-state index in [9.17, 15) is 19.2 Å². The normalized spacial score (nSPS) is 20.9. The molecule has 0 radical (unpaired) electrons. The summed E-state index contributed by atoms with van der Waals surface area (Å²) in [4.78, 5) is 54.9. The average molecular weight is 487 g/mol. The van der Waals surface area contributed by atoms with E-state index in [1.54, 1.807) is 49.3 Å². The zero-order chi connectivity index (χ0) is 25.1. The van der Waals surface area contributed by atoms with Crippen molar-refractivity contribution >= 4 is 22.7 Å². The van der Waals surface area contributed by atoms with Crippen LogP contribution in [0.2, 0.25) is 0 Å². The minimum absolute atomic E-state index is 0.0362. The highest BCUT2D eigenvalue weighted by molar-refractivity contribution is 5.87. The van der Waals surface area contributed by atoms with E-state index in [1.165, 1.54) is 9.13 Å². The van der Waals surface area contributed by atoms with Gasteiger partial charge in [0.25, 0.3) is 5.56 Å². The largest absolute Gasteiger partial charge is 0.497 e. The van der Waals surface area contributed by atoms with Crippen molar-refractivity contribution in [2.24, 2.45) is 18.9 Å². The second-order valence-corrected chi connectivity index (χ2v) is 9.49. The fraction of sp³-hybridized carbons (Fsp3) is 0.600. The summed E-state index contributed by atoms with van der Waals surface area (Å²) in [5.74, 6) is 0.578. The van der Waals surface area contributed by atoms with Crippen molar-refractivity contribution in [2.75, 3.05) is 47.0 Å². The van der Waals surface area contributed by atoms with Crippen molar-refractivity contribution in [3.63, 3.8) is 0 Å². The van der Waals surface area contributed by atoms with Crippen LogP contribution in [0, 0.1) is 11.8 Å². The second kappa shape index (κ2) is 10.6. The first-order valence-electron chi connectivity index (χ1n) is 12.2. The number of aryl methyl sites for hydroxylation is 1. The molecule has 1 saturated carbocycles. The van der Waals surface area contributed by atoms with Crippen molar-refractivity contribution in [1.29, 1.82) is 0 Å². The monoisotopic (exact) mass is 486 g/mol. The first kappa shape index (κ1) is 25.0. The zero-order valence-electron chi connectivity index (χ0n) is 20.7. The Morgan fingerprint density at radius 3 is 2.46 bits per heavy atom. The first-order chi connectivity index (χ1) is 16.8. The molecule has 2 aliphatic rings. The number of carbonyl (C=O) groups excluding carboxylic acids is 2. The van der Waals surface area contributed by atoms with Crippen LogP contribution in [0.4, 0.5) is 0 Å². The van der Waals surface area contributed by atoms with E-state index in [0.717, 1.165) is 12.8 Å². The third-order valence-electron chi connectivity index (χ3n) is 7.39. The van der Waals surface area contributed by atoms with E-state index in [4.69, 9.17) is 9.47 Å². The molecule has 0 spiro atoms. The number of nitrogens with zero attached hydrogens (tertiary/aromatic N) is 4. The summed E-state index contributed by atoms with van der Waals surface area (Å²) in [7, 11) is 4.81. The van der Waals surface area contributed by atoms with Gasteiger partial charge in [0.05, 0.1) is 31.2 Å². The SMILES string of the molecule is COCCN1CCN(C(=O)[C@H]2CC[C@H](Cn3c(=O)c4cc(OC)ccc4n(C)c3=O)CC2)CC1=O. The minimum atomic E-state index is -0.337. The maximum Gasteiger partial charge on any atom is 0.331 e. The maximum absolute atomic E-state index is 13.1. The minimum Gasteiger partial charge on any atom is -0.497 e. The fourth-order valence-corrected chi connectivity index (χ4v) is 5.23. The van der Waals surface area contributed by atoms with Gasteiger partial charge in [-0.15, -0.1) is 0 Å². The topological polar surface area (TPSA) is 103 Å². The van der Waals surface area contributed by atoms with Crippen LogP contribution in [0.25, 0.3) is 10.9 Å². The molecule has 2 fully saturated rings. The molecule has 1 aromatic heterocycles. The third kappa shape index (κ3) is 5.12. The number of piperazine rings is 1. The number of methoxy groups -OCH3 is 2. The Labute approximate surface area is 204 Å². The highest BCUT2D eigenvalue weighted by Gasteiger charge is 2.33. The molecular formula is C25H34N4O6. The number of amides is 2. The Balaban J connectivity index is 1.39. The van der Waals surface area contributed by atoms with Crippen molar-refractivity contribution in [1.82, 2.24) is 18.9 Å². The van der Waals surface area contributed by atoms with E-state index in [2.05, 4.69) is 0 Å². The number of benzene rings is 1. The number of hydrogen-bond acceptors (Lipinski definition) is 6. The maximum atomic E-state index is 13.1. The standard InChI is InChI=1S/C25H34N4O6/c1-26-21-9-8-19(35-3)14-20(21)24(32)29(25(26)33)15-17-4-6-18(7-5-17)23(31)28-11-10-27(12-13-34-2)22(30)16-28/h8-9,14,17-18H,4-7,10-13,15-16H2,1-3H3/t17-,18-. The van der Waals surface area contributed by atoms with E-state index in [-0.39, 0.29) is 41.4 Å². The summed E-state index contributed by atoms with van der Waals surface area (Å²) in [6.07, 6.45) is 2.89. The summed E-state index contributed by atoms with van der Waals surface area (Å²) in [5, 5.41) is 0.449. The number of fused-ring (bicyclic) bond motifs is 1. The Kier molecular flexibility index (Phi) is 7.59. The molecule has 2 heterocycles. The molecule has 35 heavy (non-hydrogen) atoms. The number of aromatic nitrogens is 2. The van der Waals surface area contributed by atoms with Gasteiger partial charge in [-0.1, -0.05) is 0 Å². The van der Waals surface area contributed by atoms with E-state index in [1.807, 2.05) is 0 Å². The molecule has 0 N–H and O–H groups in total. The number of rotatable bonds is 7. The summed E-state index contributed by atoms with van der Waals surface area (Å²) < 4.78 is 13.1. The van der Waals surface area contributed by atoms with Crippen molar-refractivity contribution < 1.29 is 19.1 Å². The van der Waals surface area contributed by atoms with Crippen molar-refractivity contribution in [3.05, 3.63) is 39.0 Å². The van der Waals surface area contributed by atoms with Gasteiger partial charge in [-0.25, -0.2) is 4.79 Å². The van der Waals surface area contributed by atoms with Crippen molar-refractivity contribution in [2.45, 2.75) is 32.2 Å². The van der Waals surface area contributed by atoms with Crippen LogP contribution < -0.4 is 16.0 Å². The zero-order valence-corrected chi connectivity index (χ0v) is 20.7. The van der Waals surface area contributed by atoms with E-state index >= 15 is 0 Å². The van der Waals surface area contributed by atoms with E-state index in [0.29, 0.717) is 62.3 Å². The summed E-state index contributed by atoms with van der Waals surface area (Å²) in [5.41, 5.74) is -0.0796. The van der Waals surface area contributed by atoms with Gasteiger partial charge in [-0.2, -0.15) is 0 Å². The predicted octanol–water partition coefficient (Wildman–Crippen LogP) is 0.832. The van der Waals surface area contributed by atoms with Crippen LogP contribution in [-0.4, -0.2) is 77.8 Å². The van der Waals surface area contributed by atoms with Gasteiger partial charge in [-0.3, -0.25) is 23.5 Å². The van der Waals surface area contributed by atoms with Crippen LogP contribution in [0.1, 0.15) is 25.7 Å². The van der Waals surface area contributed by atoms with Crippen LogP contribution in [0.5, 0.6) is 5.75 Å². The molecule has 10 heteroatoms. The molecule has 10 nitrogen and oxygen atoms in total. The van der Waals surface area contributed by atoms with Gasteiger partial charge in [0.2, 0.25) is 11.8 Å². The molecule has 0 unspecified atom stereocenters. The summed E-state index contributed by atoms with van der Waals surface area (Å²) in [6, 6.07) is 5.12. The molecule has 190 valence electrons. The highest BCUT2D eigenvalue weighted by Crippen LogP contribution is 2.31. The molecule has 0 atom stereocenters. The van der Waals surface area contributed by atoms with Crippen molar-refractivity contribution in [3.8, 4) is 5.75 Å². The van der Waals surface area contributed by atoms with Gasteiger partial charge in [0.15, 0.2) is 0 Å². The van der Waals surface area contributed by atoms with Crippen LogP contribution in [0.15, 0.2) is 27.8 Å². The van der Waals surface area contributed by atoms with Crippen LogP contribution in [-0.2, 0) is 27.9 Å². The Morgan fingerprint density at radius 2 is 1.80 bits per heavy atom. The molecule has 1 aliphatic carbocycles. The van der Waals surface area contributed by atoms with Gasteiger partial charge in [-0.05, 0) is 49.8 Å². The fourth-order valence-electron chi connectivity index (χ4n) is 5.23. The average Bonchev–Trinajstić information content (AvgIpc) is 2.88. The molecule has 2 amide bonds. The van der Waals surface area contributed by atoms with Gasteiger partial charge in [0, 0.05) is 46.3 Å².